The van der Waals surface area contributed by atoms with Crippen LogP contribution in [0.3, 0.4) is 0 Å². The van der Waals surface area contributed by atoms with Crippen LogP contribution < -0.4 is 10.1 Å². The van der Waals surface area contributed by atoms with Crippen molar-refractivity contribution in [3.05, 3.63) is 52.8 Å². The molecule has 0 unspecified atom stereocenters. The monoisotopic (exact) mass is 594 g/mol. The number of H-pyrrole nitrogens is 1. The van der Waals surface area contributed by atoms with Crippen LogP contribution in [0.25, 0.3) is 28.1 Å². The second-order valence-corrected chi connectivity index (χ2v) is 9.94. The molecule has 3 aliphatic rings. The molecule has 0 amide bonds. The fourth-order valence-corrected chi connectivity index (χ4v) is 5.15. The van der Waals surface area contributed by atoms with E-state index in [2.05, 4.69) is 25.4 Å². The smallest absolute Gasteiger partial charge is 0.475 e. The third kappa shape index (κ3) is 5.34. The Bertz CT molecular complexity index is 1590. The summed E-state index contributed by atoms with van der Waals surface area (Å²) in [5.74, 6) is -2.76. The lowest BCUT2D eigenvalue weighted by Gasteiger charge is -2.15. The van der Waals surface area contributed by atoms with Crippen molar-refractivity contribution >= 4 is 28.7 Å². The van der Waals surface area contributed by atoms with E-state index in [1.165, 1.54) is 11.3 Å². The standard InChI is InChI=1S/C23H21ClN6O4.C2HF3O2/c24-14-5-15-22(29-23(27-15)34-18-10-33-20-17(31)9-32-21(18)20)28-19(14)11-1-3-13(4-2-11)30-16-8-25-6-12(16)7-26-30;3-2(4,5)1(6)7/h1-5,7,17-18,20-21,25,31H,6,8-10H2,(H,27,28,29);(H,6,7)/t17-,18-,20-,21-;/m1./s1. The molecule has 7 rings (SSSR count). The van der Waals surface area contributed by atoms with Gasteiger partial charge in [0.15, 0.2) is 11.8 Å². The molecule has 0 radical (unpaired) electrons. The first kappa shape index (κ1) is 27.4. The molecule has 1 aromatic carbocycles. The van der Waals surface area contributed by atoms with Gasteiger partial charge in [0.2, 0.25) is 0 Å². The SMILES string of the molecule is O=C(O)C(F)(F)F.O[C@@H]1CO[C@H]2[C@@H]1OC[C@H]2Oc1nc2nc(-c3ccc(-n4ncc5c4CNC5)cc3)c(Cl)cc2[nH]1. The molecule has 2 fully saturated rings. The minimum atomic E-state index is -5.08. The second-order valence-electron chi connectivity index (χ2n) is 9.53. The molecule has 12 nitrogen and oxygen atoms in total. The first-order valence-corrected chi connectivity index (χ1v) is 12.8. The molecular weight excluding hydrogens is 573 g/mol. The maximum absolute atomic E-state index is 10.6. The molecule has 0 spiro atoms. The fraction of sp³-hybridized carbons (Fsp3) is 0.360. The number of fused-ring (bicyclic) bond motifs is 3. The molecular formula is C25H22ClF3N6O6. The molecule has 4 atom stereocenters. The van der Waals surface area contributed by atoms with Gasteiger partial charge in [0, 0.05) is 24.2 Å². The number of carbonyl (C=O) groups is 1. The zero-order valence-electron chi connectivity index (χ0n) is 20.9. The number of ether oxygens (including phenoxy) is 3. The summed E-state index contributed by atoms with van der Waals surface area (Å²) in [5.41, 5.74) is 6.08. The van der Waals surface area contributed by atoms with Gasteiger partial charge in [0.1, 0.15) is 18.3 Å². The summed E-state index contributed by atoms with van der Waals surface area (Å²) in [6.45, 7) is 2.23. The summed E-state index contributed by atoms with van der Waals surface area (Å²) in [6.07, 6.45) is -4.85. The Labute approximate surface area is 234 Å². The van der Waals surface area contributed by atoms with Crippen LogP contribution in [0.4, 0.5) is 13.2 Å². The van der Waals surface area contributed by atoms with E-state index in [1.54, 1.807) is 6.07 Å². The van der Waals surface area contributed by atoms with Gasteiger partial charge in [-0.05, 0) is 18.2 Å². The Kier molecular flexibility index (Phi) is 7.07. The van der Waals surface area contributed by atoms with Crippen molar-refractivity contribution in [2.75, 3.05) is 13.2 Å². The van der Waals surface area contributed by atoms with Crippen molar-refractivity contribution < 1.29 is 42.4 Å². The zero-order chi connectivity index (χ0) is 28.9. The number of rotatable bonds is 4. The number of hydrogen-bond donors (Lipinski definition) is 4. The Balaban J connectivity index is 0.000000387. The van der Waals surface area contributed by atoms with Crippen LogP contribution in [0.15, 0.2) is 36.5 Å². The Morgan fingerprint density at radius 3 is 2.59 bits per heavy atom. The average Bonchev–Trinajstić information content (AvgIpc) is 3.73. The number of aliphatic carboxylic acids is 1. The quantitative estimate of drug-likeness (QED) is 0.277. The summed E-state index contributed by atoms with van der Waals surface area (Å²) in [6, 6.07) is 10.1. The molecule has 4 N–H and O–H groups in total. The Morgan fingerprint density at radius 1 is 1.12 bits per heavy atom. The van der Waals surface area contributed by atoms with Crippen LogP contribution >= 0.6 is 11.6 Å². The van der Waals surface area contributed by atoms with Crippen LogP contribution in [0.5, 0.6) is 6.01 Å². The molecule has 0 aliphatic carbocycles. The first-order valence-electron chi connectivity index (χ1n) is 12.4. The number of aliphatic hydroxyl groups excluding tert-OH is 1. The van der Waals surface area contributed by atoms with Crippen molar-refractivity contribution in [2.45, 2.75) is 43.7 Å². The number of imidazole rings is 1. The highest BCUT2D eigenvalue weighted by atomic mass is 35.5. The number of alkyl halides is 3. The van der Waals surface area contributed by atoms with Gasteiger partial charge in [0.25, 0.3) is 6.01 Å². The van der Waals surface area contributed by atoms with Gasteiger partial charge in [-0.3, -0.25) is 0 Å². The van der Waals surface area contributed by atoms with E-state index in [-0.39, 0.29) is 24.9 Å². The molecule has 41 heavy (non-hydrogen) atoms. The van der Waals surface area contributed by atoms with E-state index in [1.807, 2.05) is 35.1 Å². The first-order chi connectivity index (χ1) is 19.6. The number of carboxylic acids is 1. The fourth-order valence-electron chi connectivity index (χ4n) is 4.88. The Hall–Kier alpha value is -3.76. The highest BCUT2D eigenvalue weighted by molar-refractivity contribution is 6.33. The maximum Gasteiger partial charge on any atom is 0.490 e. The van der Waals surface area contributed by atoms with Gasteiger partial charge in [-0.1, -0.05) is 23.7 Å². The van der Waals surface area contributed by atoms with Crippen LogP contribution in [0.2, 0.25) is 5.02 Å². The number of benzene rings is 1. The van der Waals surface area contributed by atoms with E-state index < -0.39 is 18.2 Å². The molecule has 4 aromatic rings. The number of hydrogen-bond acceptors (Lipinski definition) is 9. The lowest BCUT2D eigenvalue weighted by Crippen LogP contribution is -2.34. The summed E-state index contributed by atoms with van der Waals surface area (Å²) in [5, 5.41) is 25.4. The molecule has 3 aromatic heterocycles. The number of halogens is 4. The maximum atomic E-state index is 10.6. The number of aliphatic hydroxyl groups is 1. The minimum Gasteiger partial charge on any atom is -0.475 e. The average molecular weight is 595 g/mol. The molecule has 16 heteroatoms. The predicted molar refractivity (Wildman–Crippen MR) is 136 cm³/mol. The van der Waals surface area contributed by atoms with E-state index in [4.69, 9.17) is 35.7 Å². The van der Waals surface area contributed by atoms with E-state index >= 15 is 0 Å². The lowest BCUT2D eigenvalue weighted by molar-refractivity contribution is -0.192. The lowest BCUT2D eigenvalue weighted by atomic mass is 10.1. The molecule has 0 bridgehead atoms. The van der Waals surface area contributed by atoms with Gasteiger partial charge >= 0.3 is 12.1 Å². The largest absolute Gasteiger partial charge is 0.490 e. The third-order valence-electron chi connectivity index (χ3n) is 6.84. The van der Waals surface area contributed by atoms with Crippen LogP contribution in [0.1, 0.15) is 11.3 Å². The molecule has 6 heterocycles. The highest BCUT2D eigenvalue weighted by Crippen LogP contribution is 2.32. The Morgan fingerprint density at radius 2 is 1.85 bits per heavy atom. The van der Waals surface area contributed by atoms with E-state index in [0.717, 1.165) is 24.3 Å². The number of aromatic amines is 1. The van der Waals surface area contributed by atoms with Gasteiger partial charge in [-0.2, -0.15) is 23.3 Å². The number of carboxylic acid groups (broad SMARTS) is 1. The normalized spacial score (nSPS) is 23.2. The molecule has 3 aliphatic heterocycles. The zero-order valence-corrected chi connectivity index (χ0v) is 21.7. The second kappa shape index (κ2) is 10.6. The summed E-state index contributed by atoms with van der Waals surface area (Å²) in [7, 11) is 0. The third-order valence-corrected chi connectivity index (χ3v) is 7.13. The number of pyridine rings is 1. The van der Waals surface area contributed by atoms with Crippen molar-refractivity contribution in [2.24, 2.45) is 0 Å². The molecule has 2 saturated heterocycles. The van der Waals surface area contributed by atoms with Crippen molar-refractivity contribution in [1.82, 2.24) is 30.0 Å². The van der Waals surface area contributed by atoms with Crippen molar-refractivity contribution in [3.8, 4) is 23.0 Å². The minimum absolute atomic E-state index is 0.244. The van der Waals surface area contributed by atoms with Gasteiger partial charge in [-0.25, -0.2) is 14.5 Å². The topological polar surface area (TPSA) is 157 Å². The van der Waals surface area contributed by atoms with Crippen LogP contribution in [0, 0.1) is 0 Å². The summed E-state index contributed by atoms with van der Waals surface area (Å²) >= 11 is 6.58. The molecule has 0 saturated carbocycles. The van der Waals surface area contributed by atoms with Crippen molar-refractivity contribution in [3.63, 3.8) is 0 Å². The summed E-state index contributed by atoms with van der Waals surface area (Å²) in [4.78, 5) is 21.2. The van der Waals surface area contributed by atoms with Crippen LogP contribution in [-0.2, 0) is 27.4 Å². The highest BCUT2D eigenvalue weighted by Gasteiger charge is 2.48. The van der Waals surface area contributed by atoms with Gasteiger partial charge in [0.05, 0.1) is 47.0 Å². The number of nitrogens with one attached hydrogen (secondary N) is 2. The van der Waals surface area contributed by atoms with Gasteiger partial charge < -0.3 is 34.7 Å². The van der Waals surface area contributed by atoms with Crippen LogP contribution in [-0.4, -0.2) is 84.7 Å². The van der Waals surface area contributed by atoms with Crippen molar-refractivity contribution in [1.29, 1.82) is 0 Å². The van der Waals surface area contributed by atoms with Gasteiger partial charge in [-0.15, -0.1) is 0 Å². The summed E-state index contributed by atoms with van der Waals surface area (Å²) < 4.78 is 50.9. The number of aromatic nitrogens is 5. The molecule has 216 valence electrons. The van der Waals surface area contributed by atoms with E-state index in [0.29, 0.717) is 34.5 Å². The van der Waals surface area contributed by atoms with E-state index in [9.17, 15) is 18.3 Å². The predicted octanol–water partition coefficient (Wildman–Crippen LogP) is 2.61. The number of nitrogens with zero attached hydrogens (tertiary/aromatic N) is 4.